The molecule has 2 aromatic rings. The van der Waals surface area contributed by atoms with Crippen molar-refractivity contribution in [3.63, 3.8) is 0 Å². The molecule has 5 heteroatoms. The third-order valence-corrected chi connectivity index (χ3v) is 3.79. The van der Waals surface area contributed by atoms with Crippen LogP contribution in [0.4, 0.5) is 8.78 Å². The molecule has 0 aromatic heterocycles. The van der Waals surface area contributed by atoms with Crippen molar-refractivity contribution < 1.29 is 18.3 Å². The largest absolute Gasteiger partial charge is 0.435 e. The predicted molar refractivity (Wildman–Crippen MR) is 89.3 cm³/mol. The van der Waals surface area contributed by atoms with Gasteiger partial charge in [0.1, 0.15) is 5.75 Å². The first-order chi connectivity index (χ1) is 11.6. The molecule has 0 spiro atoms. The van der Waals surface area contributed by atoms with Crippen LogP contribution in [0.5, 0.6) is 5.75 Å². The van der Waals surface area contributed by atoms with E-state index in [0.29, 0.717) is 13.0 Å². The number of carbonyl (C=O) groups excluding carboxylic acids is 1. The molecule has 0 aliphatic rings. The highest BCUT2D eigenvalue weighted by molar-refractivity contribution is 5.83. The number of benzene rings is 2. The average Bonchev–Trinajstić information content (AvgIpc) is 2.58. The molecule has 24 heavy (non-hydrogen) atoms. The number of halogens is 2. The summed E-state index contributed by atoms with van der Waals surface area (Å²) in [4.78, 5) is 12.3. The number of ether oxygens (including phenoxy) is 1. The fraction of sp³-hybridized carbons (Fsp3) is 0.316. The highest BCUT2D eigenvalue weighted by Gasteiger charge is 2.17. The zero-order valence-corrected chi connectivity index (χ0v) is 13.5. The van der Waals surface area contributed by atoms with Crippen LogP contribution in [0.2, 0.25) is 0 Å². The van der Waals surface area contributed by atoms with Crippen molar-refractivity contribution in [2.45, 2.75) is 32.3 Å². The van der Waals surface area contributed by atoms with Crippen LogP contribution in [-0.4, -0.2) is 19.1 Å². The van der Waals surface area contributed by atoms with Crippen molar-refractivity contribution in [1.29, 1.82) is 0 Å². The van der Waals surface area contributed by atoms with Crippen molar-refractivity contribution in [2.75, 3.05) is 6.54 Å². The summed E-state index contributed by atoms with van der Waals surface area (Å²) in [5.74, 6) is -0.0257. The van der Waals surface area contributed by atoms with E-state index in [9.17, 15) is 13.6 Å². The maximum absolute atomic E-state index is 12.3. The van der Waals surface area contributed by atoms with Crippen LogP contribution >= 0.6 is 0 Å². The standard InChI is InChI=1S/C19H21F2NO2/c1-2-17(15-6-4-3-5-7-15)18(23)22-13-12-14-8-10-16(11-9-14)24-19(20)21/h3-11,17,19H,2,12-13H2,1H3,(H,22,23). The molecule has 1 N–H and O–H groups in total. The topological polar surface area (TPSA) is 38.3 Å². The molecule has 2 aromatic carbocycles. The predicted octanol–water partition coefficient (Wildman–Crippen LogP) is 4.14. The minimum Gasteiger partial charge on any atom is -0.435 e. The van der Waals surface area contributed by atoms with Gasteiger partial charge in [0, 0.05) is 6.54 Å². The van der Waals surface area contributed by atoms with Gasteiger partial charge in [-0.05, 0) is 36.1 Å². The van der Waals surface area contributed by atoms with E-state index >= 15 is 0 Å². The second-order valence-corrected chi connectivity index (χ2v) is 5.43. The molecule has 0 aliphatic heterocycles. The highest BCUT2D eigenvalue weighted by atomic mass is 19.3. The molecule has 2 rings (SSSR count). The van der Waals surface area contributed by atoms with Gasteiger partial charge in [0.2, 0.25) is 5.91 Å². The highest BCUT2D eigenvalue weighted by Crippen LogP contribution is 2.19. The first kappa shape index (κ1) is 17.9. The summed E-state index contributed by atoms with van der Waals surface area (Å²) in [7, 11) is 0. The molecule has 3 nitrogen and oxygen atoms in total. The Morgan fingerprint density at radius 2 is 1.75 bits per heavy atom. The lowest BCUT2D eigenvalue weighted by atomic mass is 9.95. The van der Waals surface area contributed by atoms with E-state index in [1.807, 2.05) is 37.3 Å². The average molecular weight is 333 g/mol. The van der Waals surface area contributed by atoms with E-state index < -0.39 is 6.61 Å². The third-order valence-electron chi connectivity index (χ3n) is 3.79. The maximum atomic E-state index is 12.3. The lowest BCUT2D eigenvalue weighted by Gasteiger charge is -2.15. The number of rotatable bonds is 8. The number of nitrogens with one attached hydrogen (secondary N) is 1. The zero-order valence-electron chi connectivity index (χ0n) is 13.5. The van der Waals surface area contributed by atoms with E-state index in [4.69, 9.17) is 0 Å². The minimum absolute atomic E-state index is 0.00125. The van der Waals surface area contributed by atoms with Crippen LogP contribution in [0.25, 0.3) is 0 Å². The summed E-state index contributed by atoms with van der Waals surface area (Å²) in [6.45, 7) is -0.338. The first-order valence-corrected chi connectivity index (χ1v) is 7.96. The van der Waals surface area contributed by atoms with Gasteiger partial charge in [-0.3, -0.25) is 4.79 Å². The van der Waals surface area contributed by atoms with E-state index in [2.05, 4.69) is 10.1 Å². The van der Waals surface area contributed by atoms with Crippen LogP contribution in [0.15, 0.2) is 54.6 Å². The lowest BCUT2D eigenvalue weighted by Crippen LogP contribution is -2.30. The number of alkyl halides is 2. The third kappa shape index (κ3) is 5.33. The SMILES string of the molecule is CCC(C(=O)NCCc1ccc(OC(F)F)cc1)c1ccccc1. The van der Waals surface area contributed by atoms with Crippen LogP contribution in [0.3, 0.4) is 0 Å². The number of hydrogen-bond donors (Lipinski definition) is 1. The van der Waals surface area contributed by atoms with Crippen molar-refractivity contribution in [1.82, 2.24) is 5.32 Å². The van der Waals surface area contributed by atoms with Gasteiger partial charge in [-0.25, -0.2) is 0 Å². The number of carbonyl (C=O) groups is 1. The van der Waals surface area contributed by atoms with Crippen molar-refractivity contribution in [3.05, 3.63) is 65.7 Å². The summed E-state index contributed by atoms with van der Waals surface area (Å²) < 4.78 is 28.5. The normalized spacial score (nSPS) is 12.0. The van der Waals surface area contributed by atoms with E-state index in [-0.39, 0.29) is 17.6 Å². The summed E-state index contributed by atoms with van der Waals surface area (Å²) >= 11 is 0. The van der Waals surface area contributed by atoms with Crippen molar-refractivity contribution in [2.24, 2.45) is 0 Å². The Kier molecular flexibility index (Phi) is 6.73. The Labute approximate surface area is 140 Å². The summed E-state index contributed by atoms with van der Waals surface area (Å²) in [6.07, 6.45) is 1.36. The van der Waals surface area contributed by atoms with Crippen LogP contribution < -0.4 is 10.1 Å². The van der Waals surface area contributed by atoms with Gasteiger partial charge in [-0.2, -0.15) is 8.78 Å². The molecule has 0 saturated carbocycles. The minimum atomic E-state index is -2.82. The molecule has 0 saturated heterocycles. The van der Waals surface area contributed by atoms with Crippen LogP contribution in [0.1, 0.15) is 30.4 Å². The molecule has 0 heterocycles. The summed E-state index contributed by atoms with van der Waals surface area (Å²) in [5, 5.41) is 2.94. The molecular weight excluding hydrogens is 312 g/mol. The molecule has 128 valence electrons. The van der Waals surface area contributed by atoms with Crippen molar-refractivity contribution >= 4 is 5.91 Å². The molecule has 0 radical (unpaired) electrons. The van der Waals surface area contributed by atoms with E-state index in [0.717, 1.165) is 17.5 Å². The van der Waals surface area contributed by atoms with Crippen molar-refractivity contribution in [3.8, 4) is 5.75 Å². The number of amides is 1. The van der Waals surface area contributed by atoms with Crippen LogP contribution in [0, 0.1) is 0 Å². The van der Waals surface area contributed by atoms with E-state index in [1.165, 1.54) is 12.1 Å². The van der Waals surface area contributed by atoms with Gasteiger partial charge in [0.05, 0.1) is 5.92 Å². The second kappa shape index (κ2) is 9.01. The quantitative estimate of drug-likeness (QED) is 0.788. The molecule has 1 unspecified atom stereocenters. The van der Waals surface area contributed by atoms with Gasteiger partial charge < -0.3 is 10.1 Å². The zero-order chi connectivity index (χ0) is 17.4. The lowest BCUT2D eigenvalue weighted by molar-refractivity contribution is -0.122. The monoisotopic (exact) mass is 333 g/mol. The Morgan fingerprint density at radius 1 is 1.08 bits per heavy atom. The Morgan fingerprint density at radius 3 is 2.33 bits per heavy atom. The molecule has 1 atom stereocenters. The van der Waals surface area contributed by atoms with Gasteiger partial charge in [-0.1, -0.05) is 49.4 Å². The Balaban J connectivity index is 1.83. The van der Waals surface area contributed by atoms with Crippen LogP contribution in [-0.2, 0) is 11.2 Å². The first-order valence-electron chi connectivity index (χ1n) is 7.96. The molecule has 0 bridgehead atoms. The van der Waals surface area contributed by atoms with Gasteiger partial charge >= 0.3 is 6.61 Å². The van der Waals surface area contributed by atoms with E-state index in [1.54, 1.807) is 12.1 Å². The van der Waals surface area contributed by atoms with Gasteiger partial charge in [0.25, 0.3) is 0 Å². The summed E-state index contributed by atoms with van der Waals surface area (Å²) in [6, 6.07) is 16.1. The smallest absolute Gasteiger partial charge is 0.387 e. The second-order valence-electron chi connectivity index (χ2n) is 5.43. The Hall–Kier alpha value is -2.43. The fourth-order valence-corrected chi connectivity index (χ4v) is 2.55. The maximum Gasteiger partial charge on any atom is 0.387 e. The molecule has 1 amide bonds. The molecular formula is C19H21F2NO2. The number of hydrogen-bond acceptors (Lipinski definition) is 2. The van der Waals surface area contributed by atoms with Gasteiger partial charge in [-0.15, -0.1) is 0 Å². The Bertz CT molecular complexity index is 630. The molecule has 0 fully saturated rings. The van der Waals surface area contributed by atoms with Gasteiger partial charge in [0.15, 0.2) is 0 Å². The fourth-order valence-electron chi connectivity index (χ4n) is 2.55. The molecule has 0 aliphatic carbocycles. The summed E-state index contributed by atoms with van der Waals surface area (Å²) in [5.41, 5.74) is 1.95.